The molecule has 0 saturated carbocycles. The molecule has 0 saturated heterocycles. The molecule has 0 fully saturated rings. The lowest BCUT2D eigenvalue weighted by atomic mass is 10.2. The molecule has 0 aliphatic rings. The Kier molecular flexibility index (Phi) is 4.18. The van der Waals surface area contributed by atoms with Crippen LogP contribution in [0.1, 0.15) is 10.4 Å². The van der Waals surface area contributed by atoms with Crippen molar-refractivity contribution >= 4 is 17.6 Å². The number of hydrogen-bond acceptors (Lipinski definition) is 2. The van der Waals surface area contributed by atoms with Gasteiger partial charge in [0, 0.05) is 0 Å². The summed E-state index contributed by atoms with van der Waals surface area (Å²) in [6.45, 7) is 0. The van der Waals surface area contributed by atoms with Gasteiger partial charge < -0.3 is 9.84 Å². The summed E-state index contributed by atoms with van der Waals surface area (Å²) < 4.78 is 80.3. The van der Waals surface area contributed by atoms with E-state index >= 15 is 0 Å². The van der Waals surface area contributed by atoms with Crippen LogP contribution in [0.5, 0.6) is 5.75 Å². The zero-order valence-corrected chi connectivity index (χ0v) is 9.32. The summed E-state index contributed by atoms with van der Waals surface area (Å²) in [6.07, 6.45) is -4.88. The van der Waals surface area contributed by atoms with Gasteiger partial charge in [-0.25, -0.2) is 18.0 Å². The van der Waals surface area contributed by atoms with Gasteiger partial charge in [-0.05, 0) is 6.07 Å². The average Bonchev–Trinajstić information content (AvgIpc) is 2.28. The standard InChI is InChI=1S/C9H3ClF6O3/c10-8(14)9(15,16)19-6-4(12)2(7(17)18)1-3(11)5(6)13/h1,8H,(H,17,18). The summed E-state index contributed by atoms with van der Waals surface area (Å²) in [5.41, 5.74) is -4.95. The van der Waals surface area contributed by atoms with Gasteiger partial charge in [-0.1, -0.05) is 11.6 Å². The van der Waals surface area contributed by atoms with Crippen LogP contribution in [0.2, 0.25) is 0 Å². The Hall–Kier alpha value is -1.64. The number of aromatic carboxylic acids is 1. The molecule has 0 aromatic heterocycles. The topological polar surface area (TPSA) is 46.5 Å². The first kappa shape index (κ1) is 15.4. The van der Waals surface area contributed by atoms with E-state index in [4.69, 9.17) is 5.11 Å². The highest BCUT2D eigenvalue weighted by Crippen LogP contribution is 2.34. The molecular weight excluding hydrogens is 306 g/mol. The molecule has 1 rings (SSSR count). The van der Waals surface area contributed by atoms with Crippen molar-refractivity contribution in [2.45, 2.75) is 11.7 Å². The normalized spacial score (nSPS) is 13.2. The molecule has 19 heavy (non-hydrogen) atoms. The molecule has 106 valence electrons. The van der Waals surface area contributed by atoms with Gasteiger partial charge in [0.05, 0.1) is 0 Å². The fourth-order valence-electron chi connectivity index (χ4n) is 1.01. The van der Waals surface area contributed by atoms with Gasteiger partial charge in [0.15, 0.2) is 11.6 Å². The van der Waals surface area contributed by atoms with Crippen molar-refractivity contribution in [3.05, 3.63) is 29.1 Å². The van der Waals surface area contributed by atoms with Crippen molar-refractivity contribution in [3.8, 4) is 5.75 Å². The Balaban J connectivity index is 3.39. The van der Waals surface area contributed by atoms with E-state index < -0.39 is 46.5 Å². The molecule has 0 aliphatic carbocycles. The maximum atomic E-state index is 13.3. The molecule has 0 radical (unpaired) electrons. The molecule has 1 unspecified atom stereocenters. The Labute approximate surface area is 106 Å². The van der Waals surface area contributed by atoms with Crippen LogP contribution in [0.15, 0.2) is 6.07 Å². The summed E-state index contributed by atoms with van der Waals surface area (Å²) in [7, 11) is 0. The molecule has 1 aromatic rings. The van der Waals surface area contributed by atoms with Crippen LogP contribution < -0.4 is 4.74 Å². The monoisotopic (exact) mass is 308 g/mol. The van der Waals surface area contributed by atoms with Crippen LogP contribution in [-0.4, -0.2) is 22.8 Å². The smallest absolute Gasteiger partial charge is 0.444 e. The summed E-state index contributed by atoms with van der Waals surface area (Å²) in [5, 5.41) is 8.44. The van der Waals surface area contributed by atoms with Crippen LogP contribution in [0.4, 0.5) is 26.3 Å². The summed E-state index contributed by atoms with van der Waals surface area (Å²) in [6, 6.07) is -0.0778. The molecule has 0 bridgehead atoms. The summed E-state index contributed by atoms with van der Waals surface area (Å²) in [4.78, 5) is 10.5. The third-order valence-corrected chi connectivity index (χ3v) is 2.09. The number of rotatable bonds is 4. The van der Waals surface area contributed by atoms with Crippen LogP contribution in [0, 0.1) is 17.5 Å². The Morgan fingerprint density at radius 3 is 2.26 bits per heavy atom. The molecule has 1 N–H and O–H groups in total. The Bertz CT molecular complexity index is 519. The van der Waals surface area contributed by atoms with E-state index in [1.54, 1.807) is 0 Å². The summed E-state index contributed by atoms with van der Waals surface area (Å²) >= 11 is 4.37. The second kappa shape index (κ2) is 5.16. The zero-order chi connectivity index (χ0) is 15.0. The predicted octanol–water partition coefficient (Wildman–Crippen LogP) is 3.31. The first-order valence-corrected chi connectivity index (χ1v) is 4.77. The van der Waals surface area contributed by atoms with E-state index in [0.717, 1.165) is 0 Å². The highest BCUT2D eigenvalue weighted by Gasteiger charge is 2.44. The van der Waals surface area contributed by atoms with E-state index in [-0.39, 0.29) is 6.07 Å². The second-order valence-corrected chi connectivity index (χ2v) is 3.52. The molecule has 1 aromatic carbocycles. The minimum atomic E-state index is -4.88. The van der Waals surface area contributed by atoms with Gasteiger partial charge in [-0.2, -0.15) is 13.2 Å². The van der Waals surface area contributed by atoms with E-state index in [9.17, 15) is 31.1 Å². The van der Waals surface area contributed by atoms with Crippen molar-refractivity contribution < 1.29 is 41.0 Å². The molecule has 0 heterocycles. The number of carbonyl (C=O) groups is 1. The zero-order valence-electron chi connectivity index (χ0n) is 8.56. The van der Waals surface area contributed by atoms with Crippen LogP contribution >= 0.6 is 11.6 Å². The lowest BCUT2D eigenvalue weighted by molar-refractivity contribution is -0.201. The first-order chi connectivity index (χ1) is 8.58. The maximum Gasteiger partial charge on any atom is 0.444 e. The van der Waals surface area contributed by atoms with E-state index in [0.29, 0.717) is 0 Å². The number of carboxylic acids is 1. The minimum absolute atomic E-state index is 0.0778. The third kappa shape index (κ3) is 3.03. The summed E-state index contributed by atoms with van der Waals surface area (Å²) in [5.74, 6) is -10.5. The minimum Gasteiger partial charge on any atom is -0.478 e. The maximum absolute atomic E-state index is 13.3. The van der Waals surface area contributed by atoms with Crippen molar-refractivity contribution in [2.24, 2.45) is 0 Å². The van der Waals surface area contributed by atoms with E-state index in [1.807, 2.05) is 0 Å². The number of halogens is 7. The molecule has 0 spiro atoms. The van der Waals surface area contributed by atoms with Gasteiger partial charge in [0.25, 0.3) is 5.63 Å². The van der Waals surface area contributed by atoms with Crippen molar-refractivity contribution in [1.29, 1.82) is 0 Å². The molecular formula is C9H3ClF6O3. The SMILES string of the molecule is O=C(O)c1cc(F)c(F)c(OC(F)(F)C(F)Cl)c1F. The van der Waals surface area contributed by atoms with E-state index in [1.165, 1.54) is 0 Å². The van der Waals surface area contributed by atoms with Gasteiger partial charge in [0.2, 0.25) is 11.6 Å². The lowest BCUT2D eigenvalue weighted by Crippen LogP contribution is -2.33. The van der Waals surface area contributed by atoms with Crippen molar-refractivity contribution in [1.82, 2.24) is 0 Å². The molecule has 0 amide bonds. The van der Waals surface area contributed by atoms with Crippen LogP contribution in [-0.2, 0) is 0 Å². The Morgan fingerprint density at radius 1 is 1.32 bits per heavy atom. The van der Waals surface area contributed by atoms with Gasteiger partial charge in [-0.15, -0.1) is 0 Å². The first-order valence-electron chi connectivity index (χ1n) is 4.33. The third-order valence-electron chi connectivity index (χ3n) is 1.84. The fourth-order valence-corrected chi connectivity index (χ4v) is 1.05. The van der Waals surface area contributed by atoms with E-state index in [2.05, 4.69) is 16.3 Å². The highest BCUT2D eigenvalue weighted by atomic mass is 35.5. The quantitative estimate of drug-likeness (QED) is 0.527. The van der Waals surface area contributed by atoms with Gasteiger partial charge in [0.1, 0.15) is 5.56 Å². The largest absolute Gasteiger partial charge is 0.478 e. The molecule has 1 atom stereocenters. The van der Waals surface area contributed by atoms with Gasteiger partial charge in [-0.3, -0.25) is 0 Å². The van der Waals surface area contributed by atoms with Crippen molar-refractivity contribution in [3.63, 3.8) is 0 Å². The number of alkyl halides is 4. The predicted molar refractivity (Wildman–Crippen MR) is 49.6 cm³/mol. The molecule has 10 heteroatoms. The Morgan fingerprint density at radius 2 is 1.84 bits per heavy atom. The lowest BCUT2D eigenvalue weighted by Gasteiger charge is -2.19. The number of carboxylic acid groups (broad SMARTS) is 1. The second-order valence-electron chi connectivity index (χ2n) is 3.13. The van der Waals surface area contributed by atoms with Crippen LogP contribution in [0.3, 0.4) is 0 Å². The van der Waals surface area contributed by atoms with Crippen molar-refractivity contribution in [2.75, 3.05) is 0 Å². The number of ether oxygens (including phenoxy) is 1. The number of benzene rings is 1. The number of hydrogen-bond donors (Lipinski definition) is 1. The molecule has 3 nitrogen and oxygen atoms in total. The molecule has 0 aliphatic heterocycles. The van der Waals surface area contributed by atoms with Crippen LogP contribution in [0.25, 0.3) is 0 Å². The average molecular weight is 309 g/mol. The highest BCUT2D eigenvalue weighted by molar-refractivity contribution is 6.20. The fraction of sp³-hybridized carbons (Fsp3) is 0.222. The van der Waals surface area contributed by atoms with Gasteiger partial charge >= 0.3 is 12.1 Å².